The summed E-state index contributed by atoms with van der Waals surface area (Å²) in [6, 6.07) is 30.5. The van der Waals surface area contributed by atoms with Gasteiger partial charge in [-0.15, -0.1) is 0 Å². The van der Waals surface area contributed by atoms with Gasteiger partial charge in [-0.1, -0.05) is 84.9 Å². The van der Waals surface area contributed by atoms with Gasteiger partial charge in [0.1, 0.15) is 11.2 Å². The second-order valence-corrected chi connectivity index (χ2v) is 9.55. The zero-order chi connectivity index (χ0) is 22.1. The third kappa shape index (κ3) is 3.62. The van der Waals surface area contributed by atoms with Gasteiger partial charge in [0, 0.05) is 26.2 Å². The van der Waals surface area contributed by atoms with Gasteiger partial charge in [0.05, 0.1) is 13.2 Å². The highest BCUT2D eigenvalue weighted by atomic mass is 16.5. The average Bonchev–Trinajstić information content (AvgIpc) is 3.11. The van der Waals surface area contributed by atoms with Crippen molar-refractivity contribution in [3.8, 4) is 0 Å². The number of hydrogen-bond acceptors (Lipinski definition) is 4. The molecule has 3 heterocycles. The summed E-state index contributed by atoms with van der Waals surface area (Å²) in [6.45, 7) is 7.79. The van der Waals surface area contributed by atoms with Gasteiger partial charge in [-0.3, -0.25) is 9.80 Å². The lowest BCUT2D eigenvalue weighted by atomic mass is 9.83. The van der Waals surface area contributed by atoms with E-state index in [4.69, 9.17) is 9.47 Å². The van der Waals surface area contributed by atoms with E-state index in [2.05, 4.69) is 94.7 Å². The second-order valence-electron chi connectivity index (χ2n) is 9.55. The molecule has 3 aromatic rings. The Morgan fingerprint density at radius 2 is 1.09 bits per heavy atom. The van der Waals surface area contributed by atoms with Gasteiger partial charge in [0.15, 0.2) is 0 Å². The summed E-state index contributed by atoms with van der Waals surface area (Å²) in [6.07, 6.45) is 1.16. The molecule has 0 amide bonds. The van der Waals surface area contributed by atoms with Gasteiger partial charge in [0.25, 0.3) is 0 Å². The van der Waals surface area contributed by atoms with Crippen LogP contribution in [0.15, 0.2) is 84.9 Å². The number of rotatable bonds is 6. The molecule has 2 atom stereocenters. The lowest BCUT2D eigenvalue weighted by Crippen LogP contribution is -2.55. The Kier molecular flexibility index (Phi) is 5.55. The first-order valence-electron chi connectivity index (χ1n) is 12.2. The standard InChI is InChI=1S/C29H32N2O2/c1-3-10-24(11-4-1)28-22-31(17-9-16-30-18-20-32-21-19-30)23-29(33-28,25-12-5-2-6-13-25)27-15-8-7-14-26(27)28/h1-8,10-15H,9,16-23H2. The Hall–Kier alpha value is -2.50. The molecule has 4 nitrogen and oxygen atoms in total. The summed E-state index contributed by atoms with van der Waals surface area (Å²) in [5.41, 5.74) is 4.21. The molecule has 0 N–H and O–H groups in total. The summed E-state index contributed by atoms with van der Waals surface area (Å²) in [7, 11) is 0. The van der Waals surface area contributed by atoms with Gasteiger partial charge in [-0.25, -0.2) is 0 Å². The van der Waals surface area contributed by atoms with Crippen LogP contribution in [0.1, 0.15) is 28.7 Å². The Morgan fingerprint density at radius 3 is 1.64 bits per heavy atom. The number of ether oxygens (including phenoxy) is 2. The molecule has 33 heavy (non-hydrogen) atoms. The number of fused-ring (bicyclic) bond motifs is 5. The van der Waals surface area contributed by atoms with Crippen LogP contribution in [0.2, 0.25) is 0 Å². The van der Waals surface area contributed by atoms with Crippen molar-refractivity contribution in [1.29, 1.82) is 0 Å². The largest absolute Gasteiger partial charge is 0.379 e. The molecule has 0 saturated carbocycles. The molecule has 3 aliphatic rings. The van der Waals surface area contributed by atoms with Gasteiger partial charge < -0.3 is 9.47 Å². The van der Waals surface area contributed by atoms with Crippen molar-refractivity contribution in [3.05, 3.63) is 107 Å². The highest BCUT2D eigenvalue weighted by Gasteiger charge is 2.59. The van der Waals surface area contributed by atoms with E-state index >= 15 is 0 Å². The van der Waals surface area contributed by atoms with Crippen LogP contribution in [-0.2, 0) is 20.7 Å². The maximum absolute atomic E-state index is 7.27. The Bertz CT molecular complexity index is 1010. The predicted molar refractivity (Wildman–Crippen MR) is 130 cm³/mol. The smallest absolute Gasteiger partial charge is 0.133 e. The van der Waals surface area contributed by atoms with Crippen LogP contribution in [0.25, 0.3) is 0 Å². The first-order valence-corrected chi connectivity index (χ1v) is 12.2. The van der Waals surface area contributed by atoms with Crippen LogP contribution >= 0.6 is 0 Å². The molecule has 2 unspecified atom stereocenters. The van der Waals surface area contributed by atoms with Crippen molar-refractivity contribution in [2.75, 3.05) is 52.5 Å². The average molecular weight is 441 g/mol. The Balaban J connectivity index is 1.38. The molecule has 2 bridgehead atoms. The molecule has 0 spiro atoms. The van der Waals surface area contributed by atoms with E-state index in [1.54, 1.807) is 0 Å². The second kappa shape index (κ2) is 8.69. The van der Waals surface area contributed by atoms with Gasteiger partial charge in [-0.2, -0.15) is 0 Å². The Morgan fingerprint density at radius 1 is 0.606 bits per heavy atom. The van der Waals surface area contributed by atoms with Crippen LogP contribution in [0.5, 0.6) is 0 Å². The van der Waals surface area contributed by atoms with E-state index in [-0.39, 0.29) is 0 Å². The molecule has 6 rings (SSSR count). The van der Waals surface area contributed by atoms with Crippen molar-refractivity contribution in [1.82, 2.24) is 9.80 Å². The summed E-state index contributed by atoms with van der Waals surface area (Å²) >= 11 is 0. The molecule has 2 fully saturated rings. The van der Waals surface area contributed by atoms with Crippen molar-refractivity contribution in [2.24, 2.45) is 0 Å². The molecule has 170 valence electrons. The third-order valence-corrected chi connectivity index (χ3v) is 7.57. The fourth-order valence-electron chi connectivity index (χ4n) is 6.04. The maximum atomic E-state index is 7.27. The van der Waals surface area contributed by atoms with Crippen molar-refractivity contribution < 1.29 is 9.47 Å². The zero-order valence-electron chi connectivity index (χ0n) is 19.2. The number of benzene rings is 3. The van der Waals surface area contributed by atoms with E-state index < -0.39 is 11.2 Å². The lowest BCUT2D eigenvalue weighted by Gasteiger charge is -2.47. The quantitative estimate of drug-likeness (QED) is 0.572. The molecule has 0 aliphatic carbocycles. The monoisotopic (exact) mass is 440 g/mol. The lowest BCUT2D eigenvalue weighted by molar-refractivity contribution is -0.163. The first kappa shape index (κ1) is 21.1. The van der Waals surface area contributed by atoms with E-state index in [0.717, 1.165) is 58.9 Å². The number of nitrogens with zero attached hydrogens (tertiary/aromatic N) is 2. The zero-order valence-corrected chi connectivity index (χ0v) is 19.2. The normalized spacial score (nSPS) is 27.4. The van der Waals surface area contributed by atoms with Crippen LogP contribution in [-0.4, -0.2) is 62.3 Å². The summed E-state index contributed by atoms with van der Waals surface area (Å²) < 4.78 is 12.8. The highest BCUT2D eigenvalue weighted by molar-refractivity contribution is 5.54. The number of morpholine rings is 2. The van der Waals surface area contributed by atoms with Crippen molar-refractivity contribution >= 4 is 0 Å². The van der Waals surface area contributed by atoms with Crippen LogP contribution in [0.4, 0.5) is 0 Å². The summed E-state index contributed by atoms with van der Waals surface area (Å²) in [4.78, 5) is 5.18. The molecule has 0 radical (unpaired) electrons. The predicted octanol–water partition coefficient (Wildman–Crippen LogP) is 4.24. The molecule has 2 saturated heterocycles. The minimum absolute atomic E-state index is 0.453. The summed E-state index contributed by atoms with van der Waals surface area (Å²) in [5, 5.41) is 0. The SMILES string of the molecule is c1ccc(C23CN(CCCN4CCOCC4)CC(c4ccccc4)(O2)c2ccccc23)cc1. The van der Waals surface area contributed by atoms with Crippen molar-refractivity contribution in [2.45, 2.75) is 17.6 Å². The van der Waals surface area contributed by atoms with Gasteiger partial charge in [-0.05, 0) is 41.8 Å². The molecule has 3 aromatic carbocycles. The molecule has 0 aromatic heterocycles. The van der Waals surface area contributed by atoms with E-state index in [1.807, 2.05) is 0 Å². The summed E-state index contributed by atoms with van der Waals surface area (Å²) in [5.74, 6) is 0. The van der Waals surface area contributed by atoms with Gasteiger partial charge in [0.2, 0.25) is 0 Å². The van der Waals surface area contributed by atoms with Crippen LogP contribution in [0.3, 0.4) is 0 Å². The maximum Gasteiger partial charge on any atom is 0.133 e. The van der Waals surface area contributed by atoms with Crippen LogP contribution in [0, 0.1) is 0 Å². The third-order valence-electron chi connectivity index (χ3n) is 7.57. The highest BCUT2D eigenvalue weighted by Crippen LogP contribution is 2.56. The first-order chi connectivity index (χ1) is 16.3. The minimum Gasteiger partial charge on any atom is -0.379 e. The fraction of sp³-hybridized carbons (Fsp3) is 0.379. The van der Waals surface area contributed by atoms with E-state index in [1.165, 1.54) is 22.3 Å². The molecule has 4 heteroatoms. The van der Waals surface area contributed by atoms with Crippen molar-refractivity contribution in [3.63, 3.8) is 0 Å². The minimum atomic E-state index is -0.453. The van der Waals surface area contributed by atoms with E-state index in [9.17, 15) is 0 Å². The molecule has 3 aliphatic heterocycles. The van der Waals surface area contributed by atoms with Crippen LogP contribution < -0.4 is 0 Å². The molecular formula is C29H32N2O2. The van der Waals surface area contributed by atoms with E-state index in [0.29, 0.717) is 0 Å². The topological polar surface area (TPSA) is 24.9 Å². The fourth-order valence-corrected chi connectivity index (χ4v) is 6.04. The Labute approximate surface area is 196 Å². The molecular weight excluding hydrogens is 408 g/mol. The number of hydrogen-bond donors (Lipinski definition) is 0. The van der Waals surface area contributed by atoms with Gasteiger partial charge >= 0.3 is 0 Å².